The van der Waals surface area contributed by atoms with Gasteiger partial charge in [0.05, 0.1) is 0 Å². The van der Waals surface area contributed by atoms with Crippen LogP contribution in [0.5, 0.6) is 11.8 Å². The molecule has 0 radical (unpaired) electrons. The van der Waals surface area contributed by atoms with Crippen molar-refractivity contribution in [3.8, 4) is 11.8 Å². The molecule has 0 fully saturated rings. The van der Waals surface area contributed by atoms with Gasteiger partial charge in [-0.05, 0) is 29.8 Å². The van der Waals surface area contributed by atoms with Gasteiger partial charge in [-0.3, -0.25) is 18.5 Å². The number of benzene rings is 2. The normalized spacial score (nSPS) is 11.3. The fourth-order valence-electron chi connectivity index (χ4n) is 3.13. The summed E-state index contributed by atoms with van der Waals surface area (Å²) in [5.74, 6) is 0.621. The second-order valence-electron chi connectivity index (χ2n) is 6.13. The van der Waals surface area contributed by atoms with Crippen LogP contribution in [0.3, 0.4) is 0 Å². The van der Waals surface area contributed by atoms with E-state index in [9.17, 15) is 9.59 Å². The van der Waals surface area contributed by atoms with E-state index in [4.69, 9.17) is 4.74 Å². The highest BCUT2D eigenvalue weighted by Gasteiger charge is 2.19. The maximum Gasteiger partial charge on any atom is 0.332 e. The standard InChI is InChI=1S/C19H18N4O3/c1-4-23-15-16(21(2)19(25)22(3)17(15)24)20-18(23)26-14-10-9-12-7-5-6-8-13(12)11-14/h5-11H,4H2,1-3H3. The van der Waals surface area contributed by atoms with Crippen molar-refractivity contribution in [2.75, 3.05) is 0 Å². The minimum atomic E-state index is -0.416. The lowest BCUT2D eigenvalue weighted by atomic mass is 10.1. The molecule has 0 N–H and O–H groups in total. The van der Waals surface area contributed by atoms with Gasteiger partial charge in [-0.15, -0.1) is 0 Å². The smallest absolute Gasteiger partial charge is 0.332 e. The van der Waals surface area contributed by atoms with Crippen LogP contribution in [0.1, 0.15) is 6.92 Å². The first kappa shape index (κ1) is 16.1. The van der Waals surface area contributed by atoms with Gasteiger partial charge in [0.2, 0.25) is 0 Å². The Hall–Kier alpha value is -3.35. The van der Waals surface area contributed by atoms with Gasteiger partial charge in [0.25, 0.3) is 5.56 Å². The van der Waals surface area contributed by atoms with E-state index in [0.29, 0.717) is 23.5 Å². The van der Waals surface area contributed by atoms with Crippen LogP contribution < -0.4 is 16.0 Å². The molecular formula is C19H18N4O3. The molecule has 7 heteroatoms. The number of hydrogen-bond acceptors (Lipinski definition) is 4. The highest BCUT2D eigenvalue weighted by molar-refractivity contribution is 5.83. The van der Waals surface area contributed by atoms with Crippen LogP contribution in [0.15, 0.2) is 52.1 Å². The number of hydrogen-bond donors (Lipinski definition) is 0. The predicted molar refractivity (Wildman–Crippen MR) is 99.9 cm³/mol. The molecule has 4 rings (SSSR count). The molecule has 0 aliphatic rings. The third kappa shape index (κ3) is 2.32. The van der Waals surface area contributed by atoms with E-state index in [1.807, 2.05) is 49.4 Å². The molecule has 2 heterocycles. The molecule has 0 unspecified atom stereocenters. The lowest BCUT2D eigenvalue weighted by Crippen LogP contribution is -2.37. The van der Waals surface area contributed by atoms with Gasteiger partial charge in [-0.2, -0.15) is 4.98 Å². The average molecular weight is 350 g/mol. The summed E-state index contributed by atoms with van der Waals surface area (Å²) < 4.78 is 10.1. The minimum Gasteiger partial charge on any atom is -0.425 e. The number of aromatic nitrogens is 4. The first-order valence-electron chi connectivity index (χ1n) is 8.34. The zero-order valence-electron chi connectivity index (χ0n) is 14.8. The molecular weight excluding hydrogens is 332 g/mol. The fraction of sp³-hybridized carbons (Fsp3) is 0.211. The van der Waals surface area contributed by atoms with Crippen molar-refractivity contribution in [3.05, 3.63) is 63.3 Å². The van der Waals surface area contributed by atoms with Crippen LogP contribution >= 0.6 is 0 Å². The molecule has 2 aromatic heterocycles. The van der Waals surface area contributed by atoms with E-state index in [1.165, 1.54) is 11.6 Å². The van der Waals surface area contributed by atoms with Crippen molar-refractivity contribution in [2.24, 2.45) is 14.1 Å². The summed E-state index contributed by atoms with van der Waals surface area (Å²) in [5, 5.41) is 2.16. The van der Waals surface area contributed by atoms with Crippen LogP contribution in [-0.2, 0) is 20.6 Å². The van der Waals surface area contributed by atoms with E-state index in [-0.39, 0.29) is 11.6 Å². The molecule has 0 saturated carbocycles. The zero-order chi connectivity index (χ0) is 18.4. The SMILES string of the molecule is CCn1c(Oc2ccc3ccccc3c2)nc2c1c(=O)n(C)c(=O)n2C. The Balaban J connectivity index is 1.91. The van der Waals surface area contributed by atoms with Crippen molar-refractivity contribution in [2.45, 2.75) is 13.5 Å². The molecule has 2 aromatic carbocycles. The Morgan fingerprint density at radius 1 is 1.00 bits per heavy atom. The third-order valence-corrected chi connectivity index (χ3v) is 4.56. The summed E-state index contributed by atoms with van der Waals surface area (Å²) in [6.45, 7) is 2.39. The van der Waals surface area contributed by atoms with Gasteiger partial charge < -0.3 is 4.74 Å². The molecule has 0 spiro atoms. The van der Waals surface area contributed by atoms with Gasteiger partial charge in [-0.1, -0.05) is 30.3 Å². The number of nitrogens with zero attached hydrogens (tertiary/aromatic N) is 4. The monoisotopic (exact) mass is 350 g/mol. The summed E-state index contributed by atoms with van der Waals surface area (Å²) in [7, 11) is 3.05. The molecule has 7 nitrogen and oxygen atoms in total. The predicted octanol–water partition coefficient (Wildman–Crippen LogP) is 2.40. The summed E-state index contributed by atoms with van der Waals surface area (Å²) in [6.07, 6.45) is 0. The first-order valence-corrected chi connectivity index (χ1v) is 8.34. The Morgan fingerprint density at radius 2 is 1.73 bits per heavy atom. The first-order chi connectivity index (χ1) is 12.5. The minimum absolute atomic E-state index is 0.288. The molecule has 0 saturated heterocycles. The molecule has 0 bridgehead atoms. The lowest BCUT2D eigenvalue weighted by Gasteiger charge is -2.08. The zero-order valence-corrected chi connectivity index (χ0v) is 14.8. The molecule has 26 heavy (non-hydrogen) atoms. The molecule has 0 amide bonds. The Labute approximate surface area is 148 Å². The maximum absolute atomic E-state index is 12.6. The van der Waals surface area contributed by atoms with Gasteiger partial charge in [0.1, 0.15) is 5.75 Å². The van der Waals surface area contributed by atoms with Crippen molar-refractivity contribution >= 4 is 21.9 Å². The Morgan fingerprint density at radius 3 is 2.46 bits per heavy atom. The average Bonchev–Trinajstić information content (AvgIpc) is 3.03. The van der Waals surface area contributed by atoms with Crippen molar-refractivity contribution in [3.63, 3.8) is 0 Å². The molecule has 4 aromatic rings. The maximum atomic E-state index is 12.6. The van der Waals surface area contributed by atoms with Crippen molar-refractivity contribution < 1.29 is 4.74 Å². The van der Waals surface area contributed by atoms with E-state index in [0.717, 1.165) is 15.3 Å². The third-order valence-electron chi connectivity index (χ3n) is 4.56. The quantitative estimate of drug-likeness (QED) is 0.569. The Bertz CT molecular complexity index is 1260. The Kier molecular flexibility index (Phi) is 3.64. The fourth-order valence-corrected chi connectivity index (χ4v) is 3.13. The van der Waals surface area contributed by atoms with Gasteiger partial charge in [-0.25, -0.2) is 4.79 Å². The van der Waals surface area contributed by atoms with Gasteiger partial charge in [0, 0.05) is 20.6 Å². The molecule has 0 atom stereocenters. The molecule has 0 aliphatic heterocycles. The number of aryl methyl sites for hydroxylation is 2. The second-order valence-corrected chi connectivity index (χ2v) is 6.13. The van der Waals surface area contributed by atoms with E-state index in [1.54, 1.807) is 11.6 Å². The summed E-state index contributed by atoms with van der Waals surface area (Å²) >= 11 is 0. The van der Waals surface area contributed by atoms with Crippen LogP contribution in [0.25, 0.3) is 21.9 Å². The summed E-state index contributed by atoms with van der Waals surface area (Å²) in [5.41, 5.74) is -0.130. The van der Waals surface area contributed by atoms with Gasteiger partial charge >= 0.3 is 11.7 Å². The lowest BCUT2D eigenvalue weighted by molar-refractivity contribution is 0.419. The molecule has 132 valence electrons. The van der Waals surface area contributed by atoms with E-state index in [2.05, 4.69) is 4.98 Å². The van der Waals surface area contributed by atoms with Crippen LogP contribution in [0.4, 0.5) is 0 Å². The van der Waals surface area contributed by atoms with Crippen molar-refractivity contribution in [1.82, 2.24) is 18.7 Å². The molecule has 0 aliphatic carbocycles. The number of ether oxygens (including phenoxy) is 1. The van der Waals surface area contributed by atoms with Crippen LogP contribution in [0, 0.1) is 0 Å². The highest BCUT2D eigenvalue weighted by atomic mass is 16.5. The van der Waals surface area contributed by atoms with Crippen LogP contribution in [-0.4, -0.2) is 18.7 Å². The highest BCUT2D eigenvalue weighted by Crippen LogP contribution is 2.27. The topological polar surface area (TPSA) is 71.1 Å². The van der Waals surface area contributed by atoms with Crippen molar-refractivity contribution in [1.29, 1.82) is 0 Å². The summed E-state index contributed by atoms with van der Waals surface area (Å²) in [6, 6.07) is 14.0. The largest absolute Gasteiger partial charge is 0.425 e. The van der Waals surface area contributed by atoms with Gasteiger partial charge in [0.15, 0.2) is 11.2 Å². The number of imidazole rings is 1. The number of fused-ring (bicyclic) bond motifs is 2. The van der Waals surface area contributed by atoms with Crippen LogP contribution in [0.2, 0.25) is 0 Å². The van der Waals surface area contributed by atoms with E-state index < -0.39 is 5.69 Å². The number of rotatable bonds is 3. The van der Waals surface area contributed by atoms with E-state index >= 15 is 0 Å². The summed E-state index contributed by atoms with van der Waals surface area (Å²) in [4.78, 5) is 29.1. The second kappa shape index (κ2) is 5.87.